The normalized spacial score (nSPS) is 23.4. The second-order valence-electron chi connectivity index (χ2n) is 7.40. The first-order valence-corrected chi connectivity index (χ1v) is 9.81. The first-order chi connectivity index (χ1) is 14.2. The van der Waals surface area contributed by atoms with Gasteiger partial charge in [-0.05, 0) is 24.1 Å². The minimum atomic E-state index is -0.0265. The molecule has 2 aromatic rings. The number of carbonyl (C=O) groups excluding carboxylic acids is 1. The molecule has 2 fully saturated rings. The Kier molecular flexibility index (Phi) is 5.60. The Morgan fingerprint density at radius 3 is 2.31 bits per heavy atom. The third kappa shape index (κ3) is 3.63. The van der Waals surface area contributed by atoms with Crippen LogP contribution in [-0.4, -0.2) is 51.3 Å². The Balaban J connectivity index is 1.57. The molecule has 3 atom stereocenters. The molecule has 0 aliphatic carbocycles. The molecular weight excluding hydrogens is 370 g/mol. The number of methoxy groups -OCH3 is 3. The maximum Gasteiger partial charge on any atom is 0.254 e. The maximum absolute atomic E-state index is 13.3. The number of likely N-dealkylation sites (tertiary alicyclic amines) is 1. The van der Waals surface area contributed by atoms with E-state index in [0.29, 0.717) is 47.9 Å². The monoisotopic (exact) mass is 397 g/mol. The van der Waals surface area contributed by atoms with E-state index < -0.39 is 0 Å². The van der Waals surface area contributed by atoms with Crippen LogP contribution in [0.15, 0.2) is 42.5 Å². The molecule has 154 valence electrons. The Hall–Kier alpha value is -2.77. The van der Waals surface area contributed by atoms with Crippen molar-refractivity contribution in [1.29, 1.82) is 0 Å². The summed E-state index contributed by atoms with van der Waals surface area (Å²) in [6.45, 7) is 1.38. The average Bonchev–Trinajstić information content (AvgIpc) is 3.21. The van der Waals surface area contributed by atoms with Crippen molar-refractivity contribution >= 4 is 5.91 Å². The molecule has 2 heterocycles. The molecule has 0 radical (unpaired) electrons. The lowest BCUT2D eigenvalue weighted by atomic mass is 9.85. The number of hydrazine groups is 1. The fourth-order valence-electron chi connectivity index (χ4n) is 4.37. The van der Waals surface area contributed by atoms with Crippen molar-refractivity contribution in [1.82, 2.24) is 15.8 Å². The van der Waals surface area contributed by atoms with Gasteiger partial charge in [0.25, 0.3) is 5.91 Å². The largest absolute Gasteiger partial charge is 0.493 e. The van der Waals surface area contributed by atoms with Crippen LogP contribution in [0.3, 0.4) is 0 Å². The standard InChI is InChI=1S/C22H27N3O4/c1-27-18-11-15(12-19(28-2)21(18)29-3)22(26)25-10-9-17-16(13-25)20(24-23-17)14-7-5-4-6-8-14/h4-8,11-12,16-17,20,23-24H,9-10,13H2,1-3H3. The molecule has 7 heteroatoms. The lowest BCUT2D eigenvalue weighted by Crippen LogP contribution is -2.47. The van der Waals surface area contributed by atoms with Gasteiger partial charge in [-0.15, -0.1) is 0 Å². The van der Waals surface area contributed by atoms with E-state index in [0.717, 1.165) is 6.42 Å². The van der Waals surface area contributed by atoms with Crippen LogP contribution in [0.1, 0.15) is 28.4 Å². The van der Waals surface area contributed by atoms with E-state index in [1.54, 1.807) is 33.5 Å². The highest BCUT2D eigenvalue weighted by molar-refractivity contribution is 5.95. The van der Waals surface area contributed by atoms with Gasteiger partial charge in [-0.2, -0.15) is 0 Å². The van der Waals surface area contributed by atoms with E-state index in [9.17, 15) is 4.79 Å². The molecule has 2 N–H and O–H groups in total. The smallest absolute Gasteiger partial charge is 0.254 e. The molecule has 4 rings (SSSR count). The van der Waals surface area contributed by atoms with Crippen molar-refractivity contribution in [2.24, 2.45) is 5.92 Å². The summed E-state index contributed by atoms with van der Waals surface area (Å²) in [5.41, 5.74) is 8.60. The van der Waals surface area contributed by atoms with Gasteiger partial charge in [0.15, 0.2) is 11.5 Å². The predicted molar refractivity (Wildman–Crippen MR) is 109 cm³/mol. The highest BCUT2D eigenvalue weighted by Gasteiger charge is 2.41. The molecular formula is C22H27N3O4. The van der Waals surface area contributed by atoms with Crippen molar-refractivity contribution in [3.05, 3.63) is 53.6 Å². The number of amides is 1. The Morgan fingerprint density at radius 1 is 1.00 bits per heavy atom. The summed E-state index contributed by atoms with van der Waals surface area (Å²) in [6.07, 6.45) is 0.900. The fraction of sp³-hybridized carbons (Fsp3) is 0.409. The molecule has 0 aromatic heterocycles. The number of piperidine rings is 1. The van der Waals surface area contributed by atoms with Gasteiger partial charge >= 0.3 is 0 Å². The average molecular weight is 397 g/mol. The van der Waals surface area contributed by atoms with Crippen molar-refractivity contribution < 1.29 is 19.0 Å². The Labute approximate surface area is 170 Å². The summed E-state index contributed by atoms with van der Waals surface area (Å²) in [5.74, 6) is 1.73. The number of fused-ring (bicyclic) bond motifs is 1. The summed E-state index contributed by atoms with van der Waals surface area (Å²) in [7, 11) is 4.66. The van der Waals surface area contributed by atoms with E-state index in [2.05, 4.69) is 23.0 Å². The van der Waals surface area contributed by atoms with Gasteiger partial charge in [0, 0.05) is 30.6 Å². The lowest BCUT2D eigenvalue weighted by molar-refractivity contribution is 0.0651. The molecule has 3 unspecified atom stereocenters. The zero-order valence-corrected chi connectivity index (χ0v) is 17.0. The van der Waals surface area contributed by atoms with Gasteiger partial charge in [-0.25, -0.2) is 5.43 Å². The van der Waals surface area contributed by atoms with Crippen LogP contribution in [0.4, 0.5) is 0 Å². The number of hydrogen-bond acceptors (Lipinski definition) is 6. The molecule has 2 aliphatic rings. The van der Waals surface area contributed by atoms with Crippen molar-refractivity contribution in [3.63, 3.8) is 0 Å². The third-order valence-corrected chi connectivity index (χ3v) is 5.87. The minimum Gasteiger partial charge on any atom is -0.493 e. The van der Waals surface area contributed by atoms with E-state index in [1.165, 1.54) is 5.56 Å². The van der Waals surface area contributed by atoms with Gasteiger partial charge < -0.3 is 19.1 Å². The summed E-state index contributed by atoms with van der Waals surface area (Å²) in [4.78, 5) is 15.2. The van der Waals surface area contributed by atoms with E-state index in [-0.39, 0.29) is 11.9 Å². The maximum atomic E-state index is 13.3. The minimum absolute atomic E-state index is 0.0265. The topological polar surface area (TPSA) is 72.1 Å². The van der Waals surface area contributed by atoms with Gasteiger partial charge in [-0.3, -0.25) is 10.2 Å². The fourth-order valence-corrected chi connectivity index (χ4v) is 4.37. The Bertz CT molecular complexity index is 849. The molecule has 2 saturated heterocycles. The lowest BCUT2D eigenvalue weighted by Gasteiger charge is -2.36. The van der Waals surface area contributed by atoms with Crippen LogP contribution in [0.5, 0.6) is 17.2 Å². The highest BCUT2D eigenvalue weighted by atomic mass is 16.5. The van der Waals surface area contributed by atoms with E-state index in [1.807, 2.05) is 23.1 Å². The van der Waals surface area contributed by atoms with Crippen LogP contribution in [0.2, 0.25) is 0 Å². The second kappa shape index (κ2) is 8.31. The number of benzene rings is 2. The molecule has 2 aromatic carbocycles. The second-order valence-corrected chi connectivity index (χ2v) is 7.40. The van der Waals surface area contributed by atoms with Gasteiger partial charge in [0.1, 0.15) is 0 Å². The zero-order chi connectivity index (χ0) is 20.4. The predicted octanol–water partition coefficient (Wildman–Crippen LogP) is 2.39. The number of carbonyl (C=O) groups is 1. The van der Waals surface area contributed by atoms with Crippen LogP contribution in [0, 0.1) is 5.92 Å². The first-order valence-electron chi connectivity index (χ1n) is 9.81. The number of nitrogens with zero attached hydrogens (tertiary/aromatic N) is 1. The molecule has 1 amide bonds. The number of ether oxygens (including phenoxy) is 3. The van der Waals surface area contributed by atoms with Crippen LogP contribution >= 0.6 is 0 Å². The number of nitrogens with one attached hydrogen (secondary N) is 2. The molecule has 0 bridgehead atoms. The zero-order valence-electron chi connectivity index (χ0n) is 17.0. The van der Waals surface area contributed by atoms with Gasteiger partial charge in [-0.1, -0.05) is 30.3 Å². The van der Waals surface area contributed by atoms with Gasteiger partial charge in [0.05, 0.1) is 27.4 Å². The number of rotatable bonds is 5. The quantitative estimate of drug-likeness (QED) is 0.807. The molecule has 0 spiro atoms. The van der Waals surface area contributed by atoms with E-state index in [4.69, 9.17) is 14.2 Å². The summed E-state index contributed by atoms with van der Waals surface area (Å²) < 4.78 is 16.2. The van der Waals surface area contributed by atoms with E-state index >= 15 is 0 Å². The molecule has 0 saturated carbocycles. The third-order valence-electron chi connectivity index (χ3n) is 5.87. The number of hydrogen-bond donors (Lipinski definition) is 2. The van der Waals surface area contributed by atoms with Crippen LogP contribution < -0.4 is 25.1 Å². The molecule has 7 nitrogen and oxygen atoms in total. The van der Waals surface area contributed by atoms with Crippen molar-refractivity contribution in [2.45, 2.75) is 18.5 Å². The first kappa shape index (κ1) is 19.5. The van der Waals surface area contributed by atoms with Crippen LogP contribution in [0.25, 0.3) is 0 Å². The van der Waals surface area contributed by atoms with Crippen LogP contribution in [-0.2, 0) is 0 Å². The van der Waals surface area contributed by atoms with Crippen molar-refractivity contribution in [3.8, 4) is 17.2 Å². The molecule has 29 heavy (non-hydrogen) atoms. The molecule has 2 aliphatic heterocycles. The SMILES string of the molecule is COc1cc(C(=O)N2CCC3NNC(c4ccccc4)C3C2)cc(OC)c1OC. The summed E-state index contributed by atoms with van der Waals surface area (Å²) >= 11 is 0. The Morgan fingerprint density at radius 2 is 1.69 bits per heavy atom. The highest BCUT2D eigenvalue weighted by Crippen LogP contribution is 2.39. The van der Waals surface area contributed by atoms with Gasteiger partial charge in [0.2, 0.25) is 5.75 Å². The van der Waals surface area contributed by atoms with Crippen molar-refractivity contribution in [2.75, 3.05) is 34.4 Å². The summed E-state index contributed by atoms with van der Waals surface area (Å²) in [5, 5.41) is 0. The summed E-state index contributed by atoms with van der Waals surface area (Å²) in [6, 6.07) is 14.3.